The second-order valence-corrected chi connectivity index (χ2v) is 7.89. The van der Waals surface area contributed by atoms with E-state index in [0.717, 1.165) is 48.0 Å². The van der Waals surface area contributed by atoms with E-state index < -0.39 is 0 Å². The summed E-state index contributed by atoms with van der Waals surface area (Å²) in [5, 5.41) is 2.21. The van der Waals surface area contributed by atoms with Crippen LogP contribution in [0.25, 0.3) is 12.2 Å². The third kappa shape index (κ3) is 4.72. The lowest BCUT2D eigenvalue weighted by Crippen LogP contribution is -2.04. The van der Waals surface area contributed by atoms with E-state index >= 15 is 0 Å². The van der Waals surface area contributed by atoms with Gasteiger partial charge in [-0.15, -0.1) is 0 Å². The Kier molecular flexibility index (Phi) is 6.47. The molecule has 0 bridgehead atoms. The summed E-state index contributed by atoms with van der Waals surface area (Å²) in [6.45, 7) is 0. The first-order valence-electron chi connectivity index (χ1n) is 8.30. The molecule has 0 amide bonds. The summed E-state index contributed by atoms with van der Waals surface area (Å²) in [7, 11) is 0. The summed E-state index contributed by atoms with van der Waals surface area (Å²) in [4.78, 5) is 13.0. The maximum absolute atomic E-state index is 13.0. The molecule has 1 nitrogen and oxygen atoms in total. The smallest absolute Gasteiger partial charge is 0.185 e. The standard InChI is InChI=1S/C21H16Cl4O/c22-17-7-5-13(19(24)11-17)9-15-3-1-2-4-16(21(15)26)10-14-6-8-18(23)12-20(14)25/h5-12H,1-4H2/b15-9-,16-10-. The van der Waals surface area contributed by atoms with Crippen LogP contribution in [0.2, 0.25) is 20.1 Å². The third-order valence-electron chi connectivity index (χ3n) is 4.31. The quantitative estimate of drug-likeness (QED) is 0.352. The van der Waals surface area contributed by atoms with Crippen molar-refractivity contribution in [2.24, 2.45) is 0 Å². The molecule has 0 unspecified atom stereocenters. The fourth-order valence-electron chi connectivity index (χ4n) is 2.95. The van der Waals surface area contributed by atoms with Crippen molar-refractivity contribution in [2.45, 2.75) is 25.7 Å². The van der Waals surface area contributed by atoms with E-state index in [1.165, 1.54) is 0 Å². The van der Waals surface area contributed by atoms with Gasteiger partial charge in [-0.1, -0.05) is 58.5 Å². The molecule has 0 spiro atoms. The highest BCUT2D eigenvalue weighted by Crippen LogP contribution is 2.31. The fourth-order valence-corrected chi connectivity index (χ4v) is 3.88. The predicted molar refractivity (Wildman–Crippen MR) is 112 cm³/mol. The molecule has 0 atom stereocenters. The molecule has 5 heteroatoms. The Morgan fingerprint density at radius 3 is 1.50 bits per heavy atom. The normalized spacial score (nSPS) is 18.4. The third-order valence-corrected chi connectivity index (χ3v) is 5.43. The molecule has 1 fully saturated rings. The van der Waals surface area contributed by atoms with Crippen molar-refractivity contribution in [1.29, 1.82) is 0 Å². The van der Waals surface area contributed by atoms with Crippen molar-refractivity contribution in [3.05, 3.63) is 78.8 Å². The van der Waals surface area contributed by atoms with Gasteiger partial charge in [-0.3, -0.25) is 4.79 Å². The monoisotopic (exact) mass is 424 g/mol. The maximum Gasteiger partial charge on any atom is 0.185 e. The predicted octanol–water partition coefficient (Wildman–Crippen LogP) is 7.91. The van der Waals surface area contributed by atoms with Gasteiger partial charge in [0.1, 0.15) is 0 Å². The number of Topliss-reactive ketones (excluding diaryl/α,β-unsaturated/α-hetero) is 1. The molecule has 0 radical (unpaired) electrons. The SMILES string of the molecule is O=C1/C(=C\c2ccc(Cl)cc2Cl)CCCC/C1=C/c1ccc(Cl)cc1Cl. The number of ketones is 1. The van der Waals surface area contributed by atoms with Crippen molar-refractivity contribution in [3.63, 3.8) is 0 Å². The summed E-state index contributed by atoms with van der Waals surface area (Å²) >= 11 is 24.4. The zero-order chi connectivity index (χ0) is 18.7. The summed E-state index contributed by atoms with van der Waals surface area (Å²) in [6, 6.07) is 10.6. The Balaban J connectivity index is 1.97. The molecule has 1 saturated carbocycles. The lowest BCUT2D eigenvalue weighted by atomic mass is 9.98. The Morgan fingerprint density at radius 1 is 0.692 bits per heavy atom. The van der Waals surface area contributed by atoms with Crippen molar-refractivity contribution in [3.8, 4) is 0 Å². The Labute approximate surface area is 173 Å². The van der Waals surface area contributed by atoms with E-state index in [1.807, 2.05) is 24.3 Å². The second kappa shape index (κ2) is 8.63. The Bertz CT molecular complexity index is 839. The van der Waals surface area contributed by atoms with Crippen molar-refractivity contribution in [1.82, 2.24) is 0 Å². The topological polar surface area (TPSA) is 17.1 Å². The minimum absolute atomic E-state index is 0.0412. The number of benzene rings is 2. The Morgan fingerprint density at radius 2 is 1.12 bits per heavy atom. The van der Waals surface area contributed by atoms with Gasteiger partial charge in [-0.05, 0) is 73.2 Å². The van der Waals surface area contributed by atoms with Crippen molar-refractivity contribution < 1.29 is 4.79 Å². The van der Waals surface area contributed by atoms with Crippen LogP contribution < -0.4 is 0 Å². The van der Waals surface area contributed by atoms with Gasteiger partial charge in [0, 0.05) is 31.2 Å². The van der Waals surface area contributed by atoms with Gasteiger partial charge in [0.15, 0.2) is 5.78 Å². The minimum Gasteiger partial charge on any atom is -0.289 e. The first kappa shape index (κ1) is 19.5. The van der Waals surface area contributed by atoms with E-state index in [0.29, 0.717) is 20.1 Å². The summed E-state index contributed by atoms with van der Waals surface area (Å²) in [5.74, 6) is 0.0412. The van der Waals surface area contributed by atoms with Crippen LogP contribution in [0.15, 0.2) is 47.5 Å². The van der Waals surface area contributed by atoms with Gasteiger partial charge in [-0.25, -0.2) is 0 Å². The van der Waals surface area contributed by atoms with Crippen LogP contribution in [-0.2, 0) is 4.79 Å². The molecular weight excluding hydrogens is 410 g/mol. The molecule has 26 heavy (non-hydrogen) atoms. The fraction of sp³-hybridized carbons (Fsp3) is 0.190. The minimum atomic E-state index is 0.0412. The van der Waals surface area contributed by atoms with Gasteiger partial charge in [-0.2, -0.15) is 0 Å². The summed E-state index contributed by atoms with van der Waals surface area (Å²) < 4.78 is 0. The number of rotatable bonds is 2. The molecule has 1 aliphatic rings. The molecule has 2 aromatic rings. The average Bonchev–Trinajstić information content (AvgIpc) is 2.75. The van der Waals surface area contributed by atoms with E-state index in [-0.39, 0.29) is 5.78 Å². The van der Waals surface area contributed by atoms with Crippen molar-refractivity contribution in [2.75, 3.05) is 0 Å². The molecule has 134 valence electrons. The average molecular weight is 426 g/mol. The summed E-state index contributed by atoms with van der Waals surface area (Å²) in [6.07, 6.45) is 7.09. The lowest BCUT2D eigenvalue weighted by Gasteiger charge is -2.07. The summed E-state index contributed by atoms with van der Waals surface area (Å²) in [5.41, 5.74) is 3.10. The van der Waals surface area contributed by atoms with Gasteiger partial charge in [0.05, 0.1) is 0 Å². The van der Waals surface area contributed by atoms with Crippen LogP contribution in [0.3, 0.4) is 0 Å². The molecule has 0 N–H and O–H groups in total. The first-order chi connectivity index (χ1) is 12.4. The van der Waals surface area contributed by atoms with Crippen LogP contribution in [0.5, 0.6) is 0 Å². The zero-order valence-electron chi connectivity index (χ0n) is 13.9. The number of hydrogen-bond acceptors (Lipinski definition) is 1. The number of hydrogen-bond donors (Lipinski definition) is 0. The van der Waals surface area contributed by atoms with E-state index in [2.05, 4.69) is 0 Å². The molecule has 2 aromatic carbocycles. The second-order valence-electron chi connectivity index (χ2n) is 6.21. The molecule has 0 saturated heterocycles. The highest BCUT2D eigenvalue weighted by molar-refractivity contribution is 6.36. The number of halogens is 4. The van der Waals surface area contributed by atoms with Gasteiger partial charge >= 0.3 is 0 Å². The number of carbonyl (C=O) groups is 1. The van der Waals surface area contributed by atoms with E-state index in [1.54, 1.807) is 24.3 Å². The van der Waals surface area contributed by atoms with Crippen LogP contribution >= 0.6 is 46.4 Å². The van der Waals surface area contributed by atoms with Gasteiger partial charge in [0.25, 0.3) is 0 Å². The highest BCUT2D eigenvalue weighted by atomic mass is 35.5. The number of allylic oxidation sites excluding steroid dienone is 2. The maximum atomic E-state index is 13.0. The molecule has 1 aliphatic carbocycles. The van der Waals surface area contributed by atoms with Crippen LogP contribution in [0.4, 0.5) is 0 Å². The zero-order valence-corrected chi connectivity index (χ0v) is 16.9. The first-order valence-corrected chi connectivity index (χ1v) is 9.81. The molecule has 0 heterocycles. The van der Waals surface area contributed by atoms with E-state index in [4.69, 9.17) is 46.4 Å². The molecule has 0 aromatic heterocycles. The number of carbonyl (C=O) groups excluding carboxylic acids is 1. The molecular formula is C21H16Cl4O. The van der Waals surface area contributed by atoms with E-state index in [9.17, 15) is 4.79 Å². The molecule has 0 aliphatic heterocycles. The van der Waals surface area contributed by atoms with Crippen LogP contribution in [-0.4, -0.2) is 5.78 Å². The highest BCUT2D eigenvalue weighted by Gasteiger charge is 2.19. The largest absolute Gasteiger partial charge is 0.289 e. The van der Waals surface area contributed by atoms with Gasteiger partial charge in [0.2, 0.25) is 0 Å². The van der Waals surface area contributed by atoms with Gasteiger partial charge < -0.3 is 0 Å². The van der Waals surface area contributed by atoms with Crippen molar-refractivity contribution >= 4 is 64.3 Å². The lowest BCUT2D eigenvalue weighted by molar-refractivity contribution is -0.112. The van der Waals surface area contributed by atoms with Crippen LogP contribution in [0, 0.1) is 0 Å². The molecule has 3 rings (SSSR count). The van der Waals surface area contributed by atoms with Crippen LogP contribution in [0.1, 0.15) is 36.8 Å². The Hall–Kier alpha value is -1.25.